The largest absolute Gasteiger partial charge is 0.369 e. The number of aryl methyl sites for hydroxylation is 1. The van der Waals surface area contributed by atoms with Crippen molar-refractivity contribution in [1.82, 2.24) is 9.88 Å². The molecule has 2 fully saturated rings. The van der Waals surface area contributed by atoms with Crippen molar-refractivity contribution < 1.29 is 14.4 Å². The zero-order valence-electron chi connectivity index (χ0n) is 15.2. The summed E-state index contributed by atoms with van der Waals surface area (Å²) in [6.07, 6.45) is 1.43. The number of amides is 3. The van der Waals surface area contributed by atoms with Crippen LogP contribution in [0.25, 0.3) is 10.2 Å². The minimum Gasteiger partial charge on any atom is -0.369 e. The predicted octanol–water partition coefficient (Wildman–Crippen LogP) is 1.68. The predicted molar refractivity (Wildman–Crippen MR) is 103 cm³/mol. The first kappa shape index (κ1) is 17.9. The number of nitrogens with two attached hydrogens (primary N) is 1. The van der Waals surface area contributed by atoms with Crippen molar-refractivity contribution in [2.75, 3.05) is 24.5 Å². The van der Waals surface area contributed by atoms with Gasteiger partial charge in [0, 0.05) is 37.7 Å². The van der Waals surface area contributed by atoms with Gasteiger partial charge in [0.15, 0.2) is 0 Å². The van der Waals surface area contributed by atoms with Gasteiger partial charge in [-0.2, -0.15) is 0 Å². The molecule has 2 aromatic rings. The van der Waals surface area contributed by atoms with Crippen LogP contribution in [0.4, 0.5) is 5.69 Å². The second-order valence-corrected chi connectivity index (χ2v) is 8.53. The molecule has 0 spiro atoms. The fraction of sp³-hybridized carbons (Fsp3) is 0.474. The highest BCUT2D eigenvalue weighted by Gasteiger charge is 2.38. The molecule has 2 aliphatic rings. The SMILES string of the molecule is Cc1nc2cc(N3CC(C(=O)N4CCC(C(N)=O)CC4)CC3=O)ccc2s1. The second kappa shape index (κ2) is 6.92. The first-order chi connectivity index (χ1) is 12.9. The van der Waals surface area contributed by atoms with Crippen LogP contribution in [0.15, 0.2) is 18.2 Å². The second-order valence-electron chi connectivity index (χ2n) is 7.29. The van der Waals surface area contributed by atoms with E-state index in [4.69, 9.17) is 5.73 Å². The smallest absolute Gasteiger partial charge is 0.228 e. The highest BCUT2D eigenvalue weighted by atomic mass is 32.1. The number of likely N-dealkylation sites (tertiary alicyclic amines) is 1. The standard InChI is InChI=1S/C19H22N4O3S/c1-11-21-15-9-14(2-3-16(15)27-11)23-10-13(8-17(23)24)19(26)22-6-4-12(5-7-22)18(20)25/h2-3,9,12-13H,4-8,10H2,1H3,(H2,20,25). The molecule has 1 atom stereocenters. The van der Waals surface area contributed by atoms with Gasteiger partial charge in [-0.15, -0.1) is 11.3 Å². The summed E-state index contributed by atoms with van der Waals surface area (Å²) in [5.74, 6) is -0.817. The van der Waals surface area contributed by atoms with Crippen LogP contribution < -0.4 is 10.6 Å². The summed E-state index contributed by atoms with van der Waals surface area (Å²) in [6.45, 7) is 3.41. The van der Waals surface area contributed by atoms with E-state index in [0.717, 1.165) is 20.9 Å². The van der Waals surface area contributed by atoms with Crippen LogP contribution in [-0.4, -0.2) is 47.2 Å². The fourth-order valence-electron chi connectivity index (χ4n) is 3.96. The number of carbonyl (C=O) groups is 3. The van der Waals surface area contributed by atoms with Crippen molar-refractivity contribution in [1.29, 1.82) is 0 Å². The summed E-state index contributed by atoms with van der Waals surface area (Å²) in [6, 6.07) is 5.82. The first-order valence-electron chi connectivity index (χ1n) is 9.18. The Morgan fingerprint density at radius 2 is 1.96 bits per heavy atom. The molecule has 3 heterocycles. The average Bonchev–Trinajstić information content (AvgIpc) is 3.22. The minimum absolute atomic E-state index is 0.000601. The summed E-state index contributed by atoms with van der Waals surface area (Å²) in [7, 11) is 0. The van der Waals surface area contributed by atoms with Gasteiger partial charge in [0.2, 0.25) is 17.7 Å². The minimum atomic E-state index is -0.338. The maximum Gasteiger partial charge on any atom is 0.228 e. The summed E-state index contributed by atoms with van der Waals surface area (Å²) in [5, 5.41) is 0.988. The molecular weight excluding hydrogens is 364 g/mol. The van der Waals surface area contributed by atoms with E-state index in [1.54, 1.807) is 21.1 Å². The molecule has 4 rings (SSSR count). The van der Waals surface area contributed by atoms with Gasteiger partial charge in [-0.1, -0.05) is 0 Å². The Hall–Kier alpha value is -2.48. The number of fused-ring (bicyclic) bond motifs is 1. The maximum absolute atomic E-state index is 12.8. The number of nitrogens with zero attached hydrogens (tertiary/aromatic N) is 3. The third kappa shape index (κ3) is 3.41. The van der Waals surface area contributed by atoms with Crippen molar-refractivity contribution in [2.45, 2.75) is 26.2 Å². The summed E-state index contributed by atoms with van der Waals surface area (Å²) in [4.78, 5) is 44.6. The van der Waals surface area contributed by atoms with Crippen LogP contribution in [0.3, 0.4) is 0 Å². The number of benzene rings is 1. The Bertz CT molecular complexity index is 917. The molecule has 3 amide bonds. The van der Waals surface area contributed by atoms with Crippen molar-refractivity contribution in [3.63, 3.8) is 0 Å². The number of carbonyl (C=O) groups excluding carboxylic acids is 3. The molecule has 1 aromatic carbocycles. The van der Waals surface area contributed by atoms with Crippen LogP contribution in [-0.2, 0) is 14.4 Å². The number of aromatic nitrogens is 1. The van der Waals surface area contributed by atoms with E-state index in [-0.39, 0.29) is 36.0 Å². The van der Waals surface area contributed by atoms with Gasteiger partial charge in [0.05, 0.1) is 21.1 Å². The number of anilines is 1. The van der Waals surface area contributed by atoms with Gasteiger partial charge in [0.25, 0.3) is 0 Å². The molecule has 2 N–H and O–H groups in total. The molecule has 0 radical (unpaired) electrons. The zero-order valence-corrected chi connectivity index (χ0v) is 16.0. The van der Waals surface area contributed by atoms with Crippen LogP contribution >= 0.6 is 11.3 Å². The molecule has 1 unspecified atom stereocenters. The van der Waals surface area contributed by atoms with Crippen LogP contribution in [0.1, 0.15) is 24.3 Å². The fourth-order valence-corrected chi connectivity index (χ4v) is 4.77. The lowest BCUT2D eigenvalue weighted by Gasteiger charge is -2.32. The molecule has 2 saturated heterocycles. The van der Waals surface area contributed by atoms with E-state index in [2.05, 4.69) is 4.98 Å². The summed E-state index contributed by atoms with van der Waals surface area (Å²) >= 11 is 1.62. The molecule has 0 saturated carbocycles. The quantitative estimate of drug-likeness (QED) is 0.868. The highest BCUT2D eigenvalue weighted by molar-refractivity contribution is 7.18. The lowest BCUT2D eigenvalue weighted by Crippen LogP contribution is -2.44. The Morgan fingerprint density at radius 1 is 1.22 bits per heavy atom. The lowest BCUT2D eigenvalue weighted by atomic mass is 9.95. The Kier molecular flexibility index (Phi) is 4.59. The van der Waals surface area contributed by atoms with Gasteiger partial charge in [-0.05, 0) is 38.0 Å². The Morgan fingerprint density at radius 3 is 2.67 bits per heavy atom. The molecule has 142 valence electrons. The zero-order chi connectivity index (χ0) is 19.1. The van der Waals surface area contributed by atoms with E-state index in [1.807, 2.05) is 25.1 Å². The number of hydrogen-bond acceptors (Lipinski definition) is 5. The van der Waals surface area contributed by atoms with E-state index >= 15 is 0 Å². The van der Waals surface area contributed by atoms with Gasteiger partial charge in [0.1, 0.15) is 0 Å². The summed E-state index contributed by atoms with van der Waals surface area (Å²) in [5.41, 5.74) is 7.03. The topological polar surface area (TPSA) is 96.6 Å². The molecule has 8 heteroatoms. The van der Waals surface area contributed by atoms with Crippen LogP contribution in [0, 0.1) is 18.8 Å². The van der Waals surface area contributed by atoms with Crippen molar-refractivity contribution in [3.05, 3.63) is 23.2 Å². The normalized spacial score (nSPS) is 21.2. The number of rotatable bonds is 3. The van der Waals surface area contributed by atoms with E-state index in [1.165, 1.54) is 0 Å². The maximum atomic E-state index is 12.8. The summed E-state index contributed by atoms with van der Waals surface area (Å²) < 4.78 is 1.09. The lowest BCUT2D eigenvalue weighted by molar-refractivity contribution is -0.138. The molecule has 2 aliphatic heterocycles. The van der Waals surface area contributed by atoms with Gasteiger partial charge < -0.3 is 15.5 Å². The number of primary amides is 1. The number of thiazole rings is 1. The molecule has 27 heavy (non-hydrogen) atoms. The third-order valence-corrected chi connectivity index (χ3v) is 6.42. The third-order valence-electron chi connectivity index (χ3n) is 5.47. The van der Waals surface area contributed by atoms with Crippen molar-refractivity contribution in [3.8, 4) is 0 Å². The van der Waals surface area contributed by atoms with E-state index in [9.17, 15) is 14.4 Å². The molecule has 7 nitrogen and oxygen atoms in total. The van der Waals surface area contributed by atoms with Gasteiger partial charge in [-0.25, -0.2) is 4.98 Å². The van der Waals surface area contributed by atoms with E-state index < -0.39 is 0 Å². The molecule has 0 aliphatic carbocycles. The number of hydrogen-bond donors (Lipinski definition) is 1. The van der Waals surface area contributed by atoms with Gasteiger partial charge in [-0.3, -0.25) is 14.4 Å². The molecule has 1 aromatic heterocycles. The van der Waals surface area contributed by atoms with Crippen molar-refractivity contribution >= 4 is 45.0 Å². The monoisotopic (exact) mass is 386 g/mol. The average molecular weight is 386 g/mol. The Labute approximate surface area is 161 Å². The van der Waals surface area contributed by atoms with E-state index in [0.29, 0.717) is 32.5 Å². The number of piperidine rings is 1. The van der Waals surface area contributed by atoms with Gasteiger partial charge >= 0.3 is 0 Å². The van der Waals surface area contributed by atoms with Crippen molar-refractivity contribution in [2.24, 2.45) is 17.6 Å². The van der Waals surface area contributed by atoms with Crippen LogP contribution in [0.5, 0.6) is 0 Å². The molecular formula is C19H22N4O3S. The first-order valence-corrected chi connectivity index (χ1v) is 9.99. The highest BCUT2D eigenvalue weighted by Crippen LogP contribution is 2.31. The van der Waals surface area contributed by atoms with Crippen LogP contribution in [0.2, 0.25) is 0 Å². The Balaban J connectivity index is 1.45. The molecule has 0 bridgehead atoms.